The van der Waals surface area contributed by atoms with Gasteiger partial charge in [0.1, 0.15) is 6.29 Å². The zero-order valence-electron chi connectivity index (χ0n) is 5.96. The highest BCUT2D eigenvalue weighted by Gasteiger charge is 2.05. The van der Waals surface area contributed by atoms with Crippen LogP contribution in [0.2, 0.25) is 0 Å². The Balaban J connectivity index is 2.40. The number of ether oxygens (including phenoxy) is 1. The number of hydrogen-bond donors (Lipinski definition) is 0. The maximum absolute atomic E-state index is 10.2. The molecule has 2 heteroatoms. The third-order valence-corrected chi connectivity index (χ3v) is 1.45. The summed E-state index contributed by atoms with van der Waals surface area (Å²) >= 11 is 0. The molecular weight excluding hydrogens is 128 g/mol. The van der Waals surface area contributed by atoms with E-state index in [1.54, 1.807) is 7.11 Å². The van der Waals surface area contributed by atoms with Crippen molar-refractivity contribution in [2.45, 2.75) is 6.42 Å². The van der Waals surface area contributed by atoms with Crippen LogP contribution in [0.15, 0.2) is 23.3 Å². The Morgan fingerprint density at radius 2 is 2.50 bits per heavy atom. The lowest BCUT2D eigenvalue weighted by molar-refractivity contribution is -0.104. The lowest BCUT2D eigenvalue weighted by Gasteiger charge is -1.97. The first-order chi connectivity index (χ1) is 4.86. The zero-order valence-corrected chi connectivity index (χ0v) is 5.96. The maximum atomic E-state index is 10.2. The van der Waals surface area contributed by atoms with Gasteiger partial charge in [0.2, 0.25) is 0 Å². The number of aldehydes is 1. The maximum Gasteiger partial charge on any atom is 0.146 e. The second kappa shape index (κ2) is 3.32. The fraction of sp³-hybridized carbons (Fsp3) is 0.375. The summed E-state index contributed by atoms with van der Waals surface area (Å²) in [4.78, 5) is 10.2. The van der Waals surface area contributed by atoms with Crippen LogP contribution in [-0.4, -0.2) is 20.0 Å². The zero-order chi connectivity index (χ0) is 7.40. The fourth-order valence-corrected chi connectivity index (χ4v) is 0.970. The van der Waals surface area contributed by atoms with Crippen molar-refractivity contribution in [1.82, 2.24) is 0 Å². The highest BCUT2D eigenvalue weighted by Crippen LogP contribution is 2.16. The van der Waals surface area contributed by atoms with E-state index in [-0.39, 0.29) is 0 Å². The molecule has 0 fully saturated rings. The standard InChI is InChI=1S/C8H10O2/c1-10-6-8-3-2-7(4-8)5-9/h2-3,5H,4,6H2,1H3. The van der Waals surface area contributed by atoms with Gasteiger partial charge in [-0.25, -0.2) is 0 Å². The van der Waals surface area contributed by atoms with Gasteiger partial charge in [-0.3, -0.25) is 4.79 Å². The average Bonchev–Trinajstić information content (AvgIpc) is 2.37. The third kappa shape index (κ3) is 1.54. The van der Waals surface area contributed by atoms with Gasteiger partial charge in [0.25, 0.3) is 0 Å². The second-order valence-corrected chi connectivity index (χ2v) is 2.29. The van der Waals surface area contributed by atoms with E-state index >= 15 is 0 Å². The Morgan fingerprint density at radius 3 is 3.00 bits per heavy atom. The minimum absolute atomic E-state index is 0.633. The highest BCUT2D eigenvalue weighted by atomic mass is 16.5. The summed E-state index contributed by atoms with van der Waals surface area (Å²) in [5, 5.41) is 0. The van der Waals surface area contributed by atoms with Gasteiger partial charge in [-0.1, -0.05) is 12.2 Å². The molecule has 0 aromatic heterocycles. The normalized spacial score (nSPS) is 16.5. The topological polar surface area (TPSA) is 26.3 Å². The van der Waals surface area contributed by atoms with Crippen LogP contribution in [0.4, 0.5) is 0 Å². The van der Waals surface area contributed by atoms with Gasteiger partial charge >= 0.3 is 0 Å². The monoisotopic (exact) mass is 138 g/mol. The lowest BCUT2D eigenvalue weighted by atomic mass is 10.2. The van der Waals surface area contributed by atoms with Crippen molar-refractivity contribution >= 4 is 6.29 Å². The van der Waals surface area contributed by atoms with E-state index in [4.69, 9.17) is 4.74 Å². The van der Waals surface area contributed by atoms with Crippen molar-refractivity contribution < 1.29 is 9.53 Å². The molecule has 1 aliphatic rings. The molecule has 0 N–H and O–H groups in total. The number of methoxy groups -OCH3 is 1. The number of hydrogen-bond acceptors (Lipinski definition) is 2. The fourth-order valence-electron chi connectivity index (χ4n) is 0.970. The molecule has 0 amide bonds. The quantitative estimate of drug-likeness (QED) is 0.545. The highest BCUT2D eigenvalue weighted by molar-refractivity contribution is 5.76. The van der Waals surface area contributed by atoms with Crippen molar-refractivity contribution in [3.63, 3.8) is 0 Å². The minimum Gasteiger partial charge on any atom is -0.380 e. The van der Waals surface area contributed by atoms with Crippen LogP contribution in [0.3, 0.4) is 0 Å². The summed E-state index contributed by atoms with van der Waals surface area (Å²) in [6, 6.07) is 0. The number of rotatable bonds is 3. The molecule has 0 bridgehead atoms. The molecule has 0 heterocycles. The van der Waals surface area contributed by atoms with Crippen molar-refractivity contribution in [2.75, 3.05) is 13.7 Å². The first kappa shape index (κ1) is 7.22. The van der Waals surface area contributed by atoms with Crippen molar-refractivity contribution in [2.24, 2.45) is 0 Å². The first-order valence-electron chi connectivity index (χ1n) is 3.19. The van der Waals surface area contributed by atoms with E-state index in [0.717, 1.165) is 18.3 Å². The smallest absolute Gasteiger partial charge is 0.146 e. The number of carbonyl (C=O) groups excluding carboxylic acids is 1. The van der Waals surface area contributed by atoms with Crippen LogP contribution < -0.4 is 0 Å². The summed E-state index contributed by atoms with van der Waals surface area (Å²) < 4.78 is 4.90. The van der Waals surface area contributed by atoms with Gasteiger partial charge in [-0.05, 0) is 17.6 Å². The van der Waals surface area contributed by atoms with Crippen LogP contribution in [0.5, 0.6) is 0 Å². The van der Waals surface area contributed by atoms with Crippen molar-refractivity contribution in [3.8, 4) is 0 Å². The lowest BCUT2D eigenvalue weighted by Crippen LogP contribution is -1.92. The molecular formula is C8H10O2. The van der Waals surface area contributed by atoms with Crippen LogP contribution in [-0.2, 0) is 9.53 Å². The molecule has 1 aliphatic carbocycles. The number of carbonyl (C=O) groups is 1. The van der Waals surface area contributed by atoms with E-state index in [0.29, 0.717) is 6.61 Å². The van der Waals surface area contributed by atoms with Gasteiger partial charge in [-0.2, -0.15) is 0 Å². The molecule has 0 aliphatic heterocycles. The molecule has 0 aromatic rings. The largest absolute Gasteiger partial charge is 0.380 e. The molecule has 0 saturated carbocycles. The number of allylic oxidation sites excluding steroid dienone is 3. The first-order valence-corrected chi connectivity index (χ1v) is 3.19. The molecule has 2 nitrogen and oxygen atoms in total. The van der Waals surface area contributed by atoms with Crippen molar-refractivity contribution in [1.29, 1.82) is 0 Å². The Bertz CT molecular complexity index is 189. The summed E-state index contributed by atoms with van der Waals surface area (Å²) in [6.45, 7) is 0.633. The van der Waals surface area contributed by atoms with Crippen molar-refractivity contribution in [3.05, 3.63) is 23.3 Å². The van der Waals surface area contributed by atoms with Gasteiger partial charge < -0.3 is 4.74 Å². The summed E-state index contributed by atoms with van der Waals surface area (Å²) in [7, 11) is 1.65. The molecule has 10 heavy (non-hydrogen) atoms. The van der Waals surface area contributed by atoms with E-state index in [9.17, 15) is 4.79 Å². The molecule has 0 saturated heterocycles. The molecule has 1 rings (SSSR count). The summed E-state index contributed by atoms with van der Waals surface area (Å²) in [5.74, 6) is 0. The molecule has 54 valence electrons. The molecule has 0 unspecified atom stereocenters. The summed E-state index contributed by atoms with van der Waals surface area (Å²) in [6.07, 6.45) is 5.42. The van der Waals surface area contributed by atoms with E-state index in [2.05, 4.69) is 0 Å². The van der Waals surface area contributed by atoms with Crippen LogP contribution in [0.25, 0.3) is 0 Å². The van der Waals surface area contributed by atoms with Gasteiger partial charge in [0.15, 0.2) is 0 Å². The second-order valence-electron chi connectivity index (χ2n) is 2.29. The van der Waals surface area contributed by atoms with E-state index in [1.165, 1.54) is 5.57 Å². The molecule has 0 spiro atoms. The van der Waals surface area contributed by atoms with Gasteiger partial charge in [0.05, 0.1) is 6.61 Å². The average molecular weight is 138 g/mol. The van der Waals surface area contributed by atoms with Gasteiger partial charge in [0, 0.05) is 7.11 Å². The Labute approximate surface area is 60.2 Å². The Hall–Kier alpha value is -0.890. The molecule has 0 atom stereocenters. The minimum atomic E-state index is 0.633. The van der Waals surface area contributed by atoms with Gasteiger partial charge in [-0.15, -0.1) is 0 Å². The predicted octanol–water partition coefficient (Wildman–Crippen LogP) is 1.09. The van der Waals surface area contributed by atoms with Crippen LogP contribution in [0.1, 0.15) is 6.42 Å². The van der Waals surface area contributed by atoms with Crippen LogP contribution in [0, 0.1) is 0 Å². The third-order valence-electron chi connectivity index (χ3n) is 1.45. The predicted molar refractivity (Wildman–Crippen MR) is 38.7 cm³/mol. The van der Waals surface area contributed by atoms with E-state index in [1.807, 2.05) is 12.2 Å². The SMILES string of the molecule is COCC1=CC=C(C=O)C1. The van der Waals surface area contributed by atoms with Crippen LogP contribution >= 0.6 is 0 Å². The molecule has 0 radical (unpaired) electrons. The molecule has 0 aromatic carbocycles. The summed E-state index contributed by atoms with van der Waals surface area (Å²) in [5.41, 5.74) is 2.01. The Morgan fingerprint density at radius 1 is 1.70 bits per heavy atom. The Kier molecular flexibility index (Phi) is 2.40. The van der Waals surface area contributed by atoms with E-state index < -0.39 is 0 Å².